The number of carbonyl (C=O) groups is 1. The highest BCUT2D eigenvalue weighted by Gasteiger charge is 2.11. The van der Waals surface area contributed by atoms with Crippen LogP contribution in [-0.4, -0.2) is 34.3 Å². The van der Waals surface area contributed by atoms with Crippen molar-refractivity contribution >= 4 is 11.6 Å². The fourth-order valence-corrected chi connectivity index (χ4v) is 1.77. The first-order valence-electron chi connectivity index (χ1n) is 6.10. The van der Waals surface area contributed by atoms with Crippen LogP contribution in [0, 0.1) is 0 Å². The summed E-state index contributed by atoms with van der Waals surface area (Å²) in [6.45, 7) is 0.651. The molecule has 6 heteroatoms. The zero-order chi connectivity index (χ0) is 13.7. The second kappa shape index (κ2) is 6.10. The average molecular weight is 259 g/mol. The molecule has 0 aliphatic rings. The Morgan fingerprint density at radius 3 is 2.84 bits per heavy atom. The van der Waals surface area contributed by atoms with E-state index in [1.54, 1.807) is 6.33 Å². The molecule has 0 saturated carbocycles. The Hall–Kier alpha value is -2.21. The second-order valence-corrected chi connectivity index (χ2v) is 4.21. The third-order valence-electron chi connectivity index (χ3n) is 2.76. The predicted octanol–water partition coefficient (Wildman–Crippen LogP) is 1.03. The van der Waals surface area contributed by atoms with Crippen molar-refractivity contribution < 1.29 is 4.79 Å². The Balaban J connectivity index is 2.22. The van der Waals surface area contributed by atoms with E-state index in [1.807, 2.05) is 42.9 Å². The lowest BCUT2D eigenvalue weighted by Gasteiger charge is -2.10. The minimum absolute atomic E-state index is 0.0241. The molecule has 1 aromatic heterocycles. The van der Waals surface area contributed by atoms with E-state index >= 15 is 0 Å². The van der Waals surface area contributed by atoms with Crippen LogP contribution in [-0.2, 0) is 11.8 Å². The van der Waals surface area contributed by atoms with Crippen molar-refractivity contribution in [3.8, 4) is 11.4 Å². The summed E-state index contributed by atoms with van der Waals surface area (Å²) in [5.41, 5.74) is 1.61. The lowest BCUT2D eigenvalue weighted by molar-refractivity contribution is -0.116. The maximum atomic E-state index is 11.8. The molecule has 0 fully saturated rings. The standard InChI is InChI=1S/C13H17N5O/c1-14-8-7-12(19)16-11-6-4-3-5-10(11)13-17-15-9-18(13)2/h3-6,9,14H,7-8H2,1-2H3,(H,16,19). The Morgan fingerprint density at radius 2 is 2.16 bits per heavy atom. The molecule has 1 amide bonds. The number of hydrogen-bond donors (Lipinski definition) is 2. The van der Waals surface area contributed by atoms with Gasteiger partial charge in [0.15, 0.2) is 5.82 Å². The molecule has 2 rings (SSSR count). The molecule has 0 saturated heterocycles. The highest BCUT2D eigenvalue weighted by Crippen LogP contribution is 2.25. The lowest BCUT2D eigenvalue weighted by Crippen LogP contribution is -2.19. The number of aromatic nitrogens is 3. The van der Waals surface area contributed by atoms with Crippen LogP contribution < -0.4 is 10.6 Å². The SMILES string of the molecule is CNCCC(=O)Nc1ccccc1-c1nncn1C. The molecule has 0 aliphatic carbocycles. The fourth-order valence-electron chi connectivity index (χ4n) is 1.77. The van der Waals surface area contributed by atoms with E-state index in [2.05, 4.69) is 20.8 Å². The number of rotatable bonds is 5. The van der Waals surface area contributed by atoms with Gasteiger partial charge in [-0.2, -0.15) is 0 Å². The third-order valence-corrected chi connectivity index (χ3v) is 2.76. The molecule has 100 valence electrons. The van der Waals surface area contributed by atoms with Gasteiger partial charge in [0, 0.05) is 25.6 Å². The van der Waals surface area contributed by atoms with Gasteiger partial charge in [0.1, 0.15) is 6.33 Å². The first-order valence-corrected chi connectivity index (χ1v) is 6.10. The molecule has 1 aromatic carbocycles. The van der Waals surface area contributed by atoms with Crippen LogP contribution in [0.15, 0.2) is 30.6 Å². The average Bonchev–Trinajstić information content (AvgIpc) is 2.83. The van der Waals surface area contributed by atoms with Crippen molar-refractivity contribution in [3.63, 3.8) is 0 Å². The van der Waals surface area contributed by atoms with Crippen LogP contribution in [0.2, 0.25) is 0 Å². The summed E-state index contributed by atoms with van der Waals surface area (Å²) in [6.07, 6.45) is 2.07. The van der Waals surface area contributed by atoms with E-state index in [4.69, 9.17) is 0 Å². The number of hydrogen-bond acceptors (Lipinski definition) is 4. The number of benzene rings is 1. The lowest BCUT2D eigenvalue weighted by atomic mass is 10.1. The van der Waals surface area contributed by atoms with Crippen molar-refractivity contribution in [1.82, 2.24) is 20.1 Å². The largest absolute Gasteiger partial charge is 0.325 e. The van der Waals surface area contributed by atoms with Gasteiger partial charge in [-0.1, -0.05) is 12.1 Å². The number of carbonyl (C=O) groups excluding carboxylic acids is 1. The third kappa shape index (κ3) is 3.17. The Kier molecular flexibility index (Phi) is 4.25. The van der Waals surface area contributed by atoms with Crippen LogP contribution in [0.4, 0.5) is 5.69 Å². The van der Waals surface area contributed by atoms with Crippen LogP contribution in [0.3, 0.4) is 0 Å². The van der Waals surface area contributed by atoms with Gasteiger partial charge in [-0.15, -0.1) is 10.2 Å². The molecular weight excluding hydrogens is 242 g/mol. The Bertz CT molecular complexity index is 564. The highest BCUT2D eigenvalue weighted by atomic mass is 16.1. The molecule has 0 atom stereocenters. The summed E-state index contributed by atoms with van der Waals surface area (Å²) in [6, 6.07) is 7.57. The van der Waals surface area contributed by atoms with Gasteiger partial charge in [-0.25, -0.2) is 0 Å². The molecule has 1 heterocycles. The highest BCUT2D eigenvalue weighted by molar-refractivity contribution is 5.94. The van der Waals surface area contributed by atoms with Crippen molar-refractivity contribution in [2.45, 2.75) is 6.42 Å². The van der Waals surface area contributed by atoms with Gasteiger partial charge >= 0.3 is 0 Å². The predicted molar refractivity (Wildman–Crippen MR) is 73.6 cm³/mol. The van der Waals surface area contributed by atoms with Crippen molar-refractivity contribution in [1.29, 1.82) is 0 Å². The van der Waals surface area contributed by atoms with Gasteiger partial charge in [-0.3, -0.25) is 4.79 Å². The summed E-state index contributed by atoms with van der Waals surface area (Å²) in [5.74, 6) is 0.702. The second-order valence-electron chi connectivity index (χ2n) is 4.21. The molecule has 2 aromatic rings. The molecule has 0 unspecified atom stereocenters. The van der Waals surface area contributed by atoms with Crippen LogP contribution >= 0.6 is 0 Å². The van der Waals surface area contributed by atoms with Gasteiger partial charge in [0.25, 0.3) is 0 Å². The number of amides is 1. The summed E-state index contributed by atoms with van der Waals surface area (Å²) in [7, 11) is 3.69. The Labute approximate surface area is 111 Å². The van der Waals surface area contributed by atoms with Gasteiger partial charge in [-0.05, 0) is 19.2 Å². The van der Waals surface area contributed by atoms with Crippen LogP contribution in [0.25, 0.3) is 11.4 Å². The van der Waals surface area contributed by atoms with Crippen molar-refractivity contribution in [2.24, 2.45) is 7.05 Å². The monoisotopic (exact) mass is 259 g/mol. The maximum absolute atomic E-state index is 11.8. The van der Waals surface area contributed by atoms with E-state index < -0.39 is 0 Å². The number of nitrogens with zero attached hydrogens (tertiary/aromatic N) is 3. The number of aryl methyl sites for hydroxylation is 1. The van der Waals surface area contributed by atoms with Gasteiger partial charge in [0.2, 0.25) is 5.91 Å². The smallest absolute Gasteiger partial charge is 0.225 e. The summed E-state index contributed by atoms with van der Waals surface area (Å²) >= 11 is 0. The minimum Gasteiger partial charge on any atom is -0.325 e. The number of anilines is 1. The van der Waals surface area contributed by atoms with E-state index in [0.29, 0.717) is 13.0 Å². The molecule has 0 spiro atoms. The molecule has 0 aliphatic heterocycles. The van der Waals surface area contributed by atoms with Crippen molar-refractivity contribution in [3.05, 3.63) is 30.6 Å². The molecule has 0 bridgehead atoms. The quantitative estimate of drug-likeness (QED) is 0.841. The Morgan fingerprint density at radius 1 is 1.37 bits per heavy atom. The fraction of sp³-hybridized carbons (Fsp3) is 0.308. The van der Waals surface area contributed by atoms with Crippen molar-refractivity contribution in [2.75, 3.05) is 18.9 Å². The molecule has 2 N–H and O–H groups in total. The van der Waals surface area contributed by atoms with E-state index in [9.17, 15) is 4.79 Å². The summed E-state index contributed by atoms with van der Waals surface area (Å²) in [4.78, 5) is 11.8. The van der Waals surface area contributed by atoms with Crippen LogP contribution in [0.5, 0.6) is 0 Å². The number of para-hydroxylation sites is 1. The first-order chi connectivity index (χ1) is 9.22. The minimum atomic E-state index is -0.0241. The normalized spacial score (nSPS) is 10.4. The topological polar surface area (TPSA) is 71.8 Å². The molecule has 19 heavy (non-hydrogen) atoms. The first kappa shape index (κ1) is 13.2. The molecule has 6 nitrogen and oxygen atoms in total. The summed E-state index contributed by atoms with van der Waals surface area (Å²) < 4.78 is 1.82. The van der Waals surface area contributed by atoms with Gasteiger partial charge in [0.05, 0.1) is 5.69 Å². The van der Waals surface area contributed by atoms with Crippen LogP contribution in [0.1, 0.15) is 6.42 Å². The summed E-state index contributed by atoms with van der Waals surface area (Å²) in [5, 5.41) is 13.8. The van der Waals surface area contributed by atoms with Gasteiger partial charge < -0.3 is 15.2 Å². The molecular formula is C13H17N5O. The van der Waals surface area contributed by atoms with E-state index in [1.165, 1.54) is 0 Å². The number of nitrogens with one attached hydrogen (secondary N) is 2. The zero-order valence-corrected chi connectivity index (χ0v) is 11.1. The molecule has 0 radical (unpaired) electrons. The maximum Gasteiger partial charge on any atom is 0.225 e. The van der Waals surface area contributed by atoms with E-state index in [0.717, 1.165) is 17.1 Å². The van der Waals surface area contributed by atoms with E-state index in [-0.39, 0.29) is 5.91 Å². The zero-order valence-electron chi connectivity index (χ0n) is 11.1.